The van der Waals surface area contributed by atoms with Gasteiger partial charge in [-0.1, -0.05) is 13.3 Å². The molecule has 1 fully saturated rings. The SMILES string of the molecule is CCCc1cc(=O)oc2c(C[NH+]3CCCC3)c(O)ccc12. The molecule has 0 saturated carbocycles. The molecule has 0 atom stereocenters. The summed E-state index contributed by atoms with van der Waals surface area (Å²) in [6, 6.07) is 5.17. The van der Waals surface area contributed by atoms with Crippen LogP contribution in [0.3, 0.4) is 0 Å². The van der Waals surface area contributed by atoms with Gasteiger partial charge in [-0.3, -0.25) is 0 Å². The summed E-state index contributed by atoms with van der Waals surface area (Å²) in [5.74, 6) is 0.235. The first-order chi connectivity index (χ1) is 10.2. The van der Waals surface area contributed by atoms with E-state index in [1.165, 1.54) is 17.7 Å². The van der Waals surface area contributed by atoms with Gasteiger partial charge in [0.05, 0.1) is 18.7 Å². The van der Waals surface area contributed by atoms with Crippen molar-refractivity contribution in [2.75, 3.05) is 13.1 Å². The molecule has 112 valence electrons. The van der Waals surface area contributed by atoms with Gasteiger partial charge in [0.2, 0.25) is 0 Å². The van der Waals surface area contributed by atoms with Crippen LogP contribution in [0.5, 0.6) is 5.75 Å². The van der Waals surface area contributed by atoms with Gasteiger partial charge >= 0.3 is 5.63 Å². The van der Waals surface area contributed by atoms with E-state index in [0.717, 1.165) is 49.0 Å². The van der Waals surface area contributed by atoms with Crippen molar-refractivity contribution < 1.29 is 14.4 Å². The topological polar surface area (TPSA) is 54.9 Å². The first kappa shape index (κ1) is 14.1. The minimum Gasteiger partial charge on any atom is -0.507 e. The van der Waals surface area contributed by atoms with Crippen LogP contribution in [-0.2, 0) is 13.0 Å². The zero-order valence-corrected chi connectivity index (χ0v) is 12.4. The molecular formula is C17H22NO3+. The van der Waals surface area contributed by atoms with Crippen LogP contribution in [0.4, 0.5) is 0 Å². The van der Waals surface area contributed by atoms with Crippen molar-refractivity contribution in [2.45, 2.75) is 39.2 Å². The van der Waals surface area contributed by atoms with E-state index in [1.54, 1.807) is 12.1 Å². The molecule has 0 spiro atoms. The molecule has 0 radical (unpaired) electrons. The monoisotopic (exact) mass is 288 g/mol. The molecular weight excluding hydrogens is 266 g/mol. The summed E-state index contributed by atoms with van der Waals surface area (Å²) < 4.78 is 5.44. The summed E-state index contributed by atoms with van der Waals surface area (Å²) in [6.07, 6.45) is 4.28. The van der Waals surface area contributed by atoms with Crippen molar-refractivity contribution in [2.24, 2.45) is 0 Å². The number of phenols is 1. The van der Waals surface area contributed by atoms with Crippen molar-refractivity contribution in [1.29, 1.82) is 0 Å². The molecule has 0 bridgehead atoms. The van der Waals surface area contributed by atoms with E-state index < -0.39 is 0 Å². The molecule has 0 unspecified atom stereocenters. The summed E-state index contributed by atoms with van der Waals surface area (Å²) in [6.45, 7) is 5.06. The fourth-order valence-electron chi connectivity index (χ4n) is 3.29. The summed E-state index contributed by atoms with van der Waals surface area (Å²) in [5.41, 5.74) is 2.04. The van der Waals surface area contributed by atoms with Crippen LogP contribution in [0, 0.1) is 0 Å². The molecule has 21 heavy (non-hydrogen) atoms. The van der Waals surface area contributed by atoms with Gasteiger partial charge in [-0.25, -0.2) is 4.79 Å². The molecule has 1 aliphatic heterocycles. The summed E-state index contributed by atoms with van der Waals surface area (Å²) in [4.78, 5) is 13.3. The van der Waals surface area contributed by atoms with Crippen LogP contribution in [0.15, 0.2) is 27.4 Å². The van der Waals surface area contributed by atoms with Gasteiger partial charge in [-0.2, -0.15) is 0 Å². The van der Waals surface area contributed by atoms with Crippen LogP contribution in [0.1, 0.15) is 37.3 Å². The summed E-state index contributed by atoms with van der Waals surface area (Å²) in [7, 11) is 0. The predicted molar refractivity (Wildman–Crippen MR) is 81.8 cm³/mol. The van der Waals surface area contributed by atoms with E-state index in [1.807, 2.05) is 6.07 Å². The van der Waals surface area contributed by atoms with Crippen LogP contribution < -0.4 is 10.5 Å². The summed E-state index contributed by atoms with van der Waals surface area (Å²) >= 11 is 0. The number of fused-ring (bicyclic) bond motifs is 1. The van der Waals surface area contributed by atoms with Crippen molar-refractivity contribution in [3.05, 3.63) is 39.7 Å². The Balaban J connectivity index is 2.12. The normalized spacial score (nSPS) is 15.9. The highest BCUT2D eigenvalue weighted by Gasteiger charge is 2.21. The fraction of sp³-hybridized carbons (Fsp3) is 0.471. The lowest BCUT2D eigenvalue weighted by molar-refractivity contribution is -0.901. The number of aryl methyl sites for hydroxylation is 1. The number of benzene rings is 1. The maximum Gasteiger partial charge on any atom is 0.336 e. The molecule has 2 aromatic rings. The highest BCUT2D eigenvalue weighted by Crippen LogP contribution is 2.28. The Kier molecular flexibility index (Phi) is 3.97. The zero-order valence-electron chi connectivity index (χ0n) is 12.4. The lowest BCUT2D eigenvalue weighted by Crippen LogP contribution is -3.08. The molecule has 4 nitrogen and oxygen atoms in total. The lowest BCUT2D eigenvalue weighted by atomic mass is 10.0. The van der Waals surface area contributed by atoms with Crippen LogP contribution in [0.2, 0.25) is 0 Å². The van der Waals surface area contributed by atoms with E-state index in [9.17, 15) is 9.90 Å². The van der Waals surface area contributed by atoms with Crippen LogP contribution >= 0.6 is 0 Å². The van der Waals surface area contributed by atoms with Gasteiger partial charge in [-0.05, 0) is 24.1 Å². The predicted octanol–water partition coefficient (Wildman–Crippen LogP) is 1.63. The maximum atomic E-state index is 11.8. The standard InChI is InChI=1S/C17H21NO3/c1-2-5-12-10-16(20)21-17-13(12)6-7-15(19)14(17)11-18-8-3-4-9-18/h6-7,10,19H,2-5,8-9,11H2,1H3/p+1. The van der Waals surface area contributed by atoms with E-state index in [-0.39, 0.29) is 11.4 Å². The second-order valence-electron chi connectivity index (χ2n) is 5.91. The molecule has 1 saturated heterocycles. The molecule has 1 aromatic carbocycles. The Morgan fingerprint density at radius 2 is 2.05 bits per heavy atom. The molecule has 0 aliphatic carbocycles. The second-order valence-corrected chi connectivity index (χ2v) is 5.91. The molecule has 1 aromatic heterocycles. The van der Waals surface area contributed by atoms with Gasteiger partial charge in [0.25, 0.3) is 0 Å². The van der Waals surface area contributed by atoms with E-state index in [0.29, 0.717) is 5.58 Å². The average Bonchev–Trinajstić information content (AvgIpc) is 2.95. The Labute approximate surface area is 124 Å². The third kappa shape index (κ3) is 2.81. The first-order valence-electron chi connectivity index (χ1n) is 7.80. The molecule has 2 N–H and O–H groups in total. The number of hydrogen-bond acceptors (Lipinski definition) is 3. The highest BCUT2D eigenvalue weighted by molar-refractivity contribution is 5.85. The third-order valence-electron chi connectivity index (χ3n) is 4.33. The van der Waals surface area contributed by atoms with E-state index in [2.05, 4.69) is 6.92 Å². The Bertz CT molecular complexity index is 699. The van der Waals surface area contributed by atoms with E-state index >= 15 is 0 Å². The number of quaternary nitrogens is 1. The van der Waals surface area contributed by atoms with Crippen LogP contribution in [-0.4, -0.2) is 18.2 Å². The first-order valence-corrected chi connectivity index (χ1v) is 7.80. The number of likely N-dealkylation sites (tertiary alicyclic amines) is 1. The largest absolute Gasteiger partial charge is 0.507 e. The van der Waals surface area contributed by atoms with Gasteiger partial charge in [-0.15, -0.1) is 0 Å². The number of rotatable bonds is 4. The zero-order chi connectivity index (χ0) is 14.8. The fourth-order valence-corrected chi connectivity index (χ4v) is 3.29. The number of nitrogens with one attached hydrogen (secondary N) is 1. The Morgan fingerprint density at radius 1 is 1.29 bits per heavy atom. The number of aromatic hydroxyl groups is 1. The smallest absolute Gasteiger partial charge is 0.336 e. The third-order valence-corrected chi connectivity index (χ3v) is 4.33. The van der Waals surface area contributed by atoms with Gasteiger partial charge < -0.3 is 14.4 Å². The number of phenolic OH excluding ortho intramolecular Hbond substituents is 1. The van der Waals surface area contributed by atoms with E-state index in [4.69, 9.17) is 4.42 Å². The van der Waals surface area contributed by atoms with Crippen molar-refractivity contribution in [1.82, 2.24) is 0 Å². The minimum absolute atomic E-state index is 0.235. The average molecular weight is 288 g/mol. The molecule has 0 amide bonds. The summed E-state index contributed by atoms with van der Waals surface area (Å²) in [5, 5.41) is 11.2. The quantitative estimate of drug-likeness (QED) is 0.841. The Morgan fingerprint density at radius 3 is 2.76 bits per heavy atom. The molecule has 1 aliphatic rings. The van der Waals surface area contributed by atoms with Crippen molar-refractivity contribution in [3.8, 4) is 5.75 Å². The number of hydrogen-bond donors (Lipinski definition) is 2. The van der Waals surface area contributed by atoms with Crippen molar-refractivity contribution in [3.63, 3.8) is 0 Å². The lowest BCUT2D eigenvalue weighted by Gasteiger charge is -2.15. The maximum absolute atomic E-state index is 11.8. The van der Waals surface area contributed by atoms with Crippen LogP contribution in [0.25, 0.3) is 11.0 Å². The molecule has 3 rings (SSSR count). The highest BCUT2D eigenvalue weighted by atomic mass is 16.4. The molecule has 4 heteroatoms. The van der Waals surface area contributed by atoms with Crippen molar-refractivity contribution >= 4 is 11.0 Å². The minimum atomic E-state index is -0.325. The van der Waals surface area contributed by atoms with Gasteiger partial charge in [0.15, 0.2) is 5.58 Å². The Hall–Kier alpha value is -1.81. The molecule has 2 heterocycles. The second kappa shape index (κ2) is 5.90. The van der Waals surface area contributed by atoms with Gasteiger partial charge in [0.1, 0.15) is 12.3 Å². The van der Waals surface area contributed by atoms with Gasteiger partial charge in [0, 0.05) is 24.3 Å².